The van der Waals surface area contributed by atoms with Crippen LogP contribution in [0.5, 0.6) is 0 Å². The third-order valence-corrected chi connectivity index (χ3v) is 3.02. The van der Waals surface area contributed by atoms with Crippen LogP contribution in [0.25, 0.3) is 0 Å². The first-order valence-corrected chi connectivity index (χ1v) is 6.54. The van der Waals surface area contributed by atoms with Crippen molar-refractivity contribution >= 4 is 5.95 Å². The Morgan fingerprint density at radius 1 is 1.35 bits per heavy atom. The number of aromatic nitrogens is 2. The van der Waals surface area contributed by atoms with E-state index in [1.807, 2.05) is 19.4 Å². The molecule has 1 aromatic heterocycles. The van der Waals surface area contributed by atoms with Crippen LogP contribution in [0.2, 0.25) is 0 Å². The van der Waals surface area contributed by atoms with Gasteiger partial charge in [-0.25, -0.2) is 9.97 Å². The third kappa shape index (κ3) is 3.66. The summed E-state index contributed by atoms with van der Waals surface area (Å²) in [6.45, 7) is 5.22. The molecular formula is C13H22N4. The first-order valence-electron chi connectivity index (χ1n) is 6.54. The van der Waals surface area contributed by atoms with Crippen LogP contribution >= 0.6 is 0 Å². The van der Waals surface area contributed by atoms with Crippen molar-refractivity contribution in [2.75, 3.05) is 25.0 Å². The zero-order valence-electron chi connectivity index (χ0n) is 10.8. The largest absolute Gasteiger partial charge is 0.341 e. The molecule has 1 aromatic rings. The smallest absolute Gasteiger partial charge is 0.225 e. The molecule has 0 aromatic carbocycles. The van der Waals surface area contributed by atoms with E-state index in [9.17, 15) is 0 Å². The van der Waals surface area contributed by atoms with Gasteiger partial charge in [-0.05, 0) is 32.2 Å². The summed E-state index contributed by atoms with van der Waals surface area (Å²) in [7, 11) is 1.93. The molecule has 1 fully saturated rings. The Labute approximate surface area is 103 Å². The van der Waals surface area contributed by atoms with E-state index < -0.39 is 0 Å². The molecule has 94 valence electrons. The van der Waals surface area contributed by atoms with Crippen molar-refractivity contribution in [3.63, 3.8) is 0 Å². The molecule has 0 bridgehead atoms. The average Bonchev–Trinajstić information content (AvgIpc) is 3.14. The van der Waals surface area contributed by atoms with Gasteiger partial charge in [-0.1, -0.05) is 6.92 Å². The Morgan fingerprint density at radius 2 is 2.06 bits per heavy atom. The maximum atomic E-state index is 4.47. The first-order chi connectivity index (χ1) is 8.33. The van der Waals surface area contributed by atoms with Gasteiger partial charge in [0.05, 0.1) is 0 Å². The van der Waals surface area contributed by atoms with E-state index >= 15 is 0 Å². The summed E-state index contributed by atoms with van der Waals surface area (Å²) in [5.74, 6) is 1.76. The van der Waals surface area contributed by atoms with Crippen molar-refractivity contribution in [2.24, 2.45) is 5.92 Å². The molecule has 0 atom stereocenters. The lowest BCUT2D eigenvalue weighted by Crippen LogP contribution is -2.28. The highest BCUT2D eigenvalue weighted by Gasteiger charge is 2.25. The van der Waals surface area contributed by atoms with Gasteiger partial charge in [-0.15, -0.1) is 0 Å². The van der Waals surface area contributed by atoms with Gasteiger partial charge in [0.25, 0.3) is 0 Å². The van der Waals surface area contributed by atoms with E-state index in [1.54, 1.807) is 0 Å². The van der Waals surface area contributed by atoms with Crippen LogP contribution in [0.1, 0.15) is 31.7 Å². The zero-order chi connectivity index (χ0) is 12.1. The van der Waals surface area contributed by atoms with Crippen LogP contribution in [-0.2, 0) is 6.54 Å². The first kappa shape index (κ1) is 12.3. The molecule has 1 aliphatic carbocycles. The second kappa shape index (κ2) is 5.96. The Kier molecular flexibility index (Phi) is 4.31. The quantitative estimate of drug-likeness (QED) is 0.781. The van der Waals surface area contributed by atoms with Crippen LogP contribution in [0, 0.1) is 5.92 Å². The topological polar surface area (TPSA) is 41.1 Å². The highest BCUT2D eigenvalue weighted by Crippen LogP contribution is 2.30. The highest BCUT2D eigenvalue weighted by molar-refractivity contribution is 5.30. The van der Waals surface area contributed by atoms with Crippen molar-refractivity contribution in [1.82, 2.24) is 15.3 Å². The zero-order valence-corrected chi connectivity index (χ0v) is 10.8. The fourth-order valence-corrected chi connectivity index (χ4v) is 1.96. The summed E-state index contributed by atoms with van der Waals surface area (Å²) < 4.78 is 0. The van der Waals surface area contributed by atoms with Crippen molar-refractivity contribution in [1.29, 1.82) is 0 Å². The number of hydrogen-bond acceptors (Lipinski definition) is 4. The normalized spacial score (nSPS) is 14.9. The molecule has 0 amide bonds. The monoisotopic (exact) mass is 234 g/mol. The lowest BCUT2D eigenvalue weighted by Gasteiger charge is -2.21. The molecule has 0 aliphatic heterocycles. The highest BCUT2D eigenvalue weighted by atomic mass is 15.2. The Hall–Kier alpha value is -1.16. The van der Waals surface area contributed by atoms with Crippen LogP contribution < -0.4 is 10.2 Å². The molecule has 0 unspecified atom stereocenters. The van der Waals surface area contributed by atoms with Gasteiger partial charge in [-0.3, -0.25) is 0 Å². The molecule has 4 nitrogen and oxygen atoms in total. The van der Waals surface area contributed by atoms with Crippen LogP contribution in [0.3, 0.4) is 0 Å². The number of rotatable bonds is 7. The summed E-state index contributed by atoms with van der Waals surface area (Å²) >= 11 is 0. The maximum Gasteiger partial charge on any atom is 0.225 e. The molecule has 1 saturated carbocycles. The molecule has 0 saturated heterocycles. The predicted octanol–water partition coefficient (Wildman–Crippen LogP) is 1.82. The van der Waals surface area contributed by atoms with Crippen molar-refractivity contribution in [2.45, 2.75) is 32.7 Å². The minimum atomic E-state index is 0.830. The van der Waals surface area contributed by atoms with Gasteiger partial charge in [-0.2, -0.15) is 0 Å². The van der Waals surface area contributed by atoms with E-state index in [0.29, 0.717) is 0 Å². The van der Waals surface area contributed by atoms with E-state index in [2.05, 4.69) is 27.1 Å². The van der Waals surface area contributed by atoms with Crippen LogP contribution in [-0.4, -0.2) is 30.1 Å². The minimum Gasteiger partial charge on any atom is -0.341 e. The predicted molar refractivity (Wildman–Crippen MR) is 70.0 cm³/mol. The Balaban J connectivity index is 2.00. The standard InChI is InChI=1S/C13H22N4/c1-3-6-17(10-11-4-5-11)13-15-8-12(7-14-2)9-16-13/h8-9,11,14H,3-7,10H2,1-2H3. The van der Waals surface area contributed by atoms with Gasteiger partial charge in [0.1, 0.15) is 0 Å². The summed E-state index contributed by atoms with van der Waals surface area (Å²) in [6.07, 6.45) is 7.74. The number of hydrogen-bond donors (Lipinski definition) is 1. The van der Waals surface area contributed by atoms with Gasteiger partial charge < -0.3 is 10.2 Å². The number of nitrogens with one attached hydrogen (secondary N) is 1. The molecule has 1 heterocycles. The van der Waals surface area contributed by atoms with E-state index in [0.717, 1.165) is 43.5 Å². The maximum absolute atomic E-state index is 4.47. The molecule has 0 spiro atoms. The van der Waals surface area contributed by atoms with Crippen LogP contribution in [0.15, 0.2) is 12.4 Å². The molecular weight excluding hydrogens is 212 g/mol. The fourth-order valence-electron chi connectivity index (χ4n) is 1.96. The molecule has 0 radical (unpaired) electrons. The molecule has 2 rings (SSSR count). The van der Waals surface area contributed by atoms with Gasteiger partial charge in [0.15, 0.2) is 0 Å². The summed E-state index contributed by atoms with van der Waals surface area (Å²) in [5, 5.41) is 3.11. The SMILES string of the molecule is CCCN(CC1CC1)c1ncc(CNC)cn1. The second-order valence-corrected chi connectivity index (χ2v) is 4.81. The lowest BCUT2D eigenvalue weighted by molar-refractivity contribution is 0.686. The van der Waals surface area contributed by atoms with Crippen molar-refractivity contribution in [3.05, 3.63) is 18.0 Å². The lowest BCUT2D eigenvalue weighted by atomic mass is 10.3. The minimum absolute atomic E-state index is 0.830. The molecule has 4 heteroatoms. The second-order valence-electron chi connectivity index (χ2n) is 4.81. The summed E-state index contributed by atoms with van der Waals surface area (Å²) in [4.78, 5) is 11.3. The van der Waals surface area contributed by atoms with E-state index in [-0.39, 0.29) is 0 Å². The van der Waals surface area contributed by atoms with Gasteiger partial charge in [0.2, 0.25) is 5.95 Å². The molecule has 1 aliphatic rings. The Morgan fingerprint density at radius 3 is 2.59 bits per heavy atom. The molecule has 1 N–H and O–H groups in total. The number of anilines is 1. The van der Waals surface area contributed by atoms with Gasteiger partial charge >= 0.3 is 0 Å². The number of nitrogens with zero attached hydrogens (tertiary/aromatic N) is 3. The summed E-state index contributed by atoms with van der Waals surface area (Å²) in [5.41, 5.74) is 1.14. The Bertz CT molecular complexity index is 332. The third-order valence-electron chi connectivity index (χ3n) is 3.02. The fraction of sp³-hybridized carbons (Fsp3) is 0.692. The van der Waals surface area contributed by atoms with Crippen molar-refractivity contribution < 1.29 is 0 Å². The van der Waals surface area contributed by atoms with Crippen molar-refractivity contribution in [3.8, 4) is 0 Å². The average molecular weight is 234 g/mol. The van der Waals surface area contributed by atoms with Gasteiger partial charge in [0, 0.05) is 37.6 Å². The molecule has 17 heavy (non-hydrogen) atoms. The van der Waals surface area contributed by atoms with E-state index in [4.69, 9.17) is 0 Å². The van der Waals surface area contributed by atoms with Crippen LogP contribution in [0.4, 0.5) is 5.95 Å². The summed E-state index contributed by atoms with van der Waals surface area (Å²) in [6, 6.07) is 0. The van der Waals surface area contributed by atoms with E-state index in [1.165, 1.54) is 12.8 Å².